The molecule has 0 saturated heterocycles. The molecule has 0 rings (SSSR count). The Kier molecular flexibility index (Phi) is 24.6. The van der Waals surface area contributed by atoms with Crippen LogP contribution in [0.15, 0.2) is 0 Å². The van der Waals surface area contributed by atoms with Gasteiger partial charge in [0.05, 0.1) is 6.61 Å². The largest absolute Gasteiger partial charge is 0.466 e. The zero-order valence-corrected chi connectivity index (χ0v) is 10.8. The first-order valence-corrected chi connectivity index (χ1v) is 5.23. The number of esters is 1. The van der Waals surface area contributed by atoms with Crippen molar-refractivity contribution in [3.05, 3.63) is 0 Å². The van der Waals surface area contributed by atoms with Crippen molar-refractivity contribution >= 4 is 11.8 Å². The summed E-state index contributed by atoms with van der Waals surface area (Å²) in [4.78, 5) is 19.3. The monoisotopic (exact) mass is 219 g/mol. The van der Waals surface area contributed by atoms with Gasteiger partial charge in [-0.15, -0.1) is 0 Å². The second kappa shape index (κ2) is 18.8. The van der Waals surface area contributed by atoms with Crippen LogP contribution < -0.4 is 5.32 Å². The quantitative estimate of drug-likeness (QED) is 0.735. The maximum absolute atomic E-state index is 9.82. The summed E-state index contributed by atoms with van der Waals surface area (Å²) in [5.74, 6) is -0.0440. The van der Waals surface area contributed by atoms with Crippen LogP contribution in [0.2, 0.25) is 0 Å². The highest BCUT2D eigenvalue weighted by Crippen LogP contribution is 1.69. The van der Waals surface area contributed by atoms with E-state index >= 15 is 0 Å². The minimum absolute atomic E-state index is 0.167. The highest BCUT2D eigenvalue weighted by molar-refractivity contribution is 5.72. The Labute approximate surface area is 93.4 Å². The van der Waals surface area contributed by atoms with E-state index in [4.69, 9.17) is 0 Å². The second-order valence-electron chi connectivity index (χ2n) is 2.79. The molecule has 0 fully saturated rings. The fourth-order valence-corrected chi connectivity index (χ4v) is 0.453. The smallest absolute Gasteiger partial charge is 0.302 e. The van der Waals surface area contributed by atoms with Crippen molar-refractivity contribution in [1.82, 2.24) is 5.32 Å². The van der Waals surface area contributed by atoms with Gasteiger partial charge < -0.3 is 14.8 Å². The van der Waals surface area contributed by atoms with E-state index in [1.165, 1.54) is 20.8 Å². The minimum atomic E-state index is -0.211. The fourth-order valence-electron chi connectivity index (χ4n) is 0.453. The summed E-state index contributed by atoms with van der Waals surface area (Å²) in [5.41, 5.74) is 0. The van der Waals surface area contributed by atoms with Gasteiger partial charge in [-0.25, -0.2) is 0 Å². The van der Waals surface area contributed by atoms with Gasteiger partial charge in [0.1, 0.15) is 5.78 Å². The molecule has 0 radical (unpaired) electrons. The average molecular weight is 219 g/mol. The zero-order valence-electron chi connectivity index (χ0n) is 10.8. The van der Waals surface area contributed by atoms with Crippen LogP contribution in [0.25, 0.3) is 0 Å². The highest BCUT2D eigenvalue weighted by Gasteiger charge is 1.81. The topological polar surface area (TPSA) is 55.4 Å². The molecular weight excluding hydrogens is 194 g/mol. The molecule has 4 heteroatoms. The Morgan fingerprint density at radius 2 is 1.33 bits per heavy atom. The Morgan fingerprint density at radius 1 is 1.00 bits per heavy atom. The van der Waals surface area contributed by atoms with Gasteiger partial charge in [-0.1, -0.05) is 13.8 Å². The first kappa shape index (κ1) is 19.6. The number of hydrogen-bond donors (Lipinski definition) is 1. The summed E-state index contributed by atoms with van der Waals surface area (Å²) in [6.45, 7) is 13.1. The van der Waals surface area contributed by atoms with Crippen LogP contribution in [0.3, 0.4) is 0 Å². The molecule has 1 N–H and O–H groups in total. The maximum atomic E-state index is 9.82. The third-order valence-electron chi connectivity index (χ3n) is 0.848. The van der Waals surface area contributed by atoms with Gasteiger partial charge in [-0.2, -0.15) is 0 Å². The molecule has 15 heavy (non-hydrogen) atoms. The molecule has 92 valence electrons. The maximum Gasteiger partial charge on any atom is 0.302 e. The second-order valence-corrected chi connectivity index (χ2v) is 2.79. The van der Waals surface area contributed by atoms with Crippen molar-refractivity contribution in [1.29, 1.82) is 0 Å². The van der Waals surface area contributed by atoms with Crippen LogP contribution in [0.5, 0.6) is 0 Å². The summed E-state index contributed by atoms with van der Waals surface area (Å²) < 4.78 is 4.40. The number of Topliss-reactive ketones (excluding diaryl/α,β-unsaturated/α-hetero) is 1. The fraction of sp³-hybridized carbons (Fsp3) is 0.818. The van der Waals surface area contributed by atoms with Crippen molar-refractivity contribution < 1.29 is 14.3 Å². The van der Waals surface area contributed by atoms with Gasteiger partial charge in [0.15, 0.2) is 0 Å². The molecule has 0 bridgehead atoms. The van der Waals surface area contributed by atoms with Gasteiger partial charge in [-0.05, 0) is 33.9 Å². The number of ether oxygens (including phenoxy) is 1. The number of nitrogens with one attached hydrogen (secondary N) is 1. The van der Waals surface area contributed by atoms with Gasteiger partial charge >= 0.3 is 5.97 Å². The Bertz CT molecular complexity index is 141. The minimum Gasteiger partial charge on any atom is -0.466 e. The summed E-state index contributed by atoms with van der Waals surface area (Å²) in [6.07, 6.45) is 0. The third kappa shape index (κ3) is 96.0. The molecule has 0 atom stereocenters. The van der Waals surface area contributed by atoms with Crippen molar-refractivity contribution in [2.45, 2.75) is 41.5 Å². The summed E-state index contributed by atoms with van der Waals surface area (Å²) in [7, 11) is 0. The number of hydrogen-bond acceptors (Lipinski definition) is 4. The Balaban J connectivity index is -0.000000147. The van der Waals surface area contributed by atoms with E-state index in [2.05, 4.69) is 23.9 Å². The summed E-state index contributed by atoms with van der Waals surface area (Å²) in [5, 5.41) is 3.11. The van der Waals surface area contributed by atoms with Crippen LogP contribution in [0.4, 0.5) is 0 Å². The van der Waals surface area contributed by atoms with Crippen molar-refractivity contribution in [2.75, 3.05) is 19.7 Å². The first-order valence-electron chi connectivity index (χ1n) is 5.23. The molecule has 0 unspecified atom stereocenters. The van der Waals surface area contributed by atoms with Crippen molar-refractivity contribution in [3.63, 3.8) is 0 Å². The van der Waals surface area contributed by atoms with E-state index in [9.17, 15) is 9.59 Å². The predicted molar refractivity (Wildman–Crippen MR) is 62.9 cm³/mol. The van der Waals surface area contributed by atoms with Crippen molar-refractivity contribution in [3.8, 4) is 0 Å². The lowest BCUT2D eigenvalue weighted by Gasteiger charge is -1.89. The van der Waals surface area contributed by atoms with E-state index < -0.39 is 0 Å². The molecule has 0 aromatic carbocycles. The van der Waals surface area contributed by atoms with Gasteiger partial charge in [0.25, 0.3) is 0 Å². The zero-order chi connectivity index (χ0) is 12.7. The van der Waals surface area contributed by atoms with Crippen molar-refractivity contribution in [2.24, 2.45) is 0 Å². The van der Waals surface area contributed by atoms with Crippen LogP contribution in [-0.2, 0) is 14.3 Å². The average Bonchev–Trinajstić information content (AvgIpc) is 2.05. The summed E-state index contributed by atoms with van der Waals surface area (Å²) in [6, 6.07) is 0. The first-order chi connectivity index (χ1) is 6.92. The lowest BCUT2D eigenvalue weighted by molar-refractivity contribution is -0.140. The lowest BCUT2D eigenvalue weighted by atomic mass is 10.6. The molecule has 0 aromatic heterocycles. The van der Waals surface area contributed by atoms with Gasteiger partial charge in [0.2, 0.25) is 0 Å². The molecular formula is C11H25NO3. The van der Waals surface area contributed by atoms with E-state index in [1.807, 2.05) is 0 Å². The SMILES string of the molecule is CC(C)=O.CCNCC.CCOC(C)=O. The highest BCUT2D eigenvalue weighted by atomic mass is 16.5. The lowest BCUT2D eigenvalue weighted by Crippen LogP contribution is -2.09. The standard InChI is InChI=1S/C4H11N.C4H8O2.C3H6O/c1-3-5-4-2;1-3-6-4(2)5;1-3(2)4/h5H,3-4H2,1-2H3;3H2,1-2H3;1-2H3. The number of carbonyl (C=O) groups excluding carboxylic acids is 2. The van der Waals surface area contributed by atoms with Crippen LogP contribution in [0, 0.1) is 0 Å². The van der Waals surface area contributed by atoms with Crippen LogP contribution in [0.1, 0.15) is 41.5 Å². The normalized spacial score (nSPS) is 7.60. The molecule has 0 spiro atoms. The molecule has 0 aliphatic rings. The van der Waals surface area contributed by atoms with E-state index in [0.717, 1.165) is 13.1 Å². The molecule has 0 aromatic rings. The molecule has 0 aliphatic carbocycles. The Morgan fingerprint density at radius 3 is 1.33 bits per heavy atom. The van der Waals surface area contributed by atoms with E-state index in [-0.39, 0.29) is 11.8 Å². The molecule has 4 nitrogen and oxygen atoms in total. The molecule has 0 heterocycles. The van der Waals surface area contributed by atoms with Crippen LogP contribution in [-0.4, -0.2) is 31.4 Å². The van der Waals surface area contributed by atoms with Gasteiger partial charge in [-0.3, -0.25) is 4.79 Å². The molecule has 0 amide bonds. The van der Waals surface area contributed by atoms with E-state index in [1.54, 1.807) is 6.92 Å². The van der Waals surface area contributed by atoms with Crippen LogP contribution >= 0.6 is 0 Å². The summed E-state index contributed by atoms with van der Waals surface area (Å²) >= 11 is 0. The number of carbonyl (C=O) groups is 2. The number of ketones is 1. The third-order valence-corrected chi connectivity index (χ3v) is 0.848. The van der Waals surface area contributed by atoms with Gasteiger partial charge in [0, 0.05) is 6.92 Å². The molecule has 0 saturated carbocycles. The Hall–Kier alpha value is -0.900. The number of rotatable bonds is 3. The molecule has 0 aliphatic heterocycles. The van der Waals surface area contributed by atoms with E-state index in [0.29, 0.717) is 6.61 Å². The predicted octanol–water partition coefficient (Wildman–Crippen LogP) is 1.78.